The number of nitrogens with two attached hydrogens (primary N) is 1. The van der Waals surface area contributed by atoms with E-state index in [0.717, 1.165) is 19.6 Å². The second-order valence-electron chi connectivity index (χ2n) is 5.87. The average molecular weight is 261 g/mol. The van der Waals surface area contributed by atoms with Gasteiger partial charge < -0.3 is 10.6 Å². The van der Waals surface area contributed by atoms with Crippen molar-refractivity contribution in [2.45, 2.75) is 32.4 Å². The van der Waals surface area contributed by atoms with Crippen molar-refractivity contribution in [1.29, 1.82) is 0 Å². The summed E-state index contributed by atoms with van der Waals surface area (Å²) in [7, 11) is 2.20. The van der Waals surface area contributed by atoms with Crippen molar-refractivity contribution in [3.8, 4) is 0 Å². The Hall–Kier alpha value is -0.900. The van der Waals surface area contributed by atoms with Gasteiger partial charge in [0.15, 0.2) is 0 Å². The van der Waals surface area contributed by atoms with E-state index in [4.69, 9.17) is 5.73 Å². The summed E-state index contributed by atoms with van der Waals surface area (Å²) in [5.41, 5.74) is 8.99. The number of rotatable bonds is 3. The summed E-state index contributed by atoms with van der Waals surface area (Å²) in [6.07, 6.45) is 1.24. The van der Waals surface area contributed by atoms with Gasteiger partial charge in [-0.1, -0.05) is 29.8 Å². The normalized spacial score (nSPS) is 21.9. The van der Waals surface area contributed by atoms with E-state index in [-0.39, 0.29) is 6.04 Å². The van der Waals surface area contributed by atoms with Crippen molar-refractivity contribution in [2.24, 2.45) is 5.73 Å². The molecule has 0 spiro atoms. The molecule has 3 nitrogen and oxygen atoms in total. The van der Waals surface area contributed by atoms with Gasteiger partial charge in [-0.25, -0.2) is 0 Å². The first-order chi connectivity index (χ1) is 9.08. The molecule has 2 rings (SSSR count). The number of hydrogen-bond acceptors (Lipinski definition) is 3. The highest BCUT2D eigenvalue weighted by atomic mass is 15.2. The average Bonchev–Trinajstić information content (AvgIpc) is 2.63. The molecule has 1 aromatic carbocycles. The van der Waals surface area contributed by atoms with E-state index in [1.807, 2.05) is 0 Å². The van der Waals surface area contributed by atoms with Gasteiger partial charge in [-0.15, -0.1) is 0 Å². The van der Waals surface area contributed by atoms with Crippen LogP contribution in [-0.2, 0) is 0 Å². The van der Waals surface area contributed by atoms with E-state index >= 15 is 0 Å². The number of benzene rings is 1. The third kappa shape index (κ3) is 3.78. The molecule has 0 radical (unpaired) electrons. The van der Waals surface area contributed by atoms with Crippen LogP contribution < -0.4 is 5.73 Å². The minimum Gasteiger partial charge on any atom is -0.323 e. The molecule has 19 heavy (non-hydrogen) atoms. The zero-order valence-electron chi connectivity index (χ0n) is 12.5. The van der Waals surface area contributed by atoms with E-state index in [2.05, 4.69) is 55.0 Å². The lowest BCUT2D eigenvalue weighted by atomic mass is 9.99. The topological polar surface area (TPSA) is 32.5 Å². The minimum absolute atomic E-state index is 0.101. The summed E-state index contributed by atoms with van der Waals surface area (Å²) in [6.45, 7) is 9.00. The van der Waals surface area contributed by atoms with Gasteiger partial charge in [-0.2, -0.15) is 0 Å². The van der Waals surface area contributed by atoms with Gasteiger partial charge in [-0.05, 0) is 46.0 Å². The van der Waals surface area contributed by atoms with Crippen LogP contribution in [0.15, 0.2) is 24.3 Å². The number of aryl methyl sites for hydroxylation is 1. The Labute approximate surface area is 117 Å². The second-order valence-corrected chi connectivity index (χ2v) is 5.87. The predicted molar refractivity (Wildman–Crippen MR) is 81.3 cm³/mol. The first-order valence-corrected chi connectivity index (χ1v) is 7.32. The summed E-state index contributed by atoms with van der Waals surface area (Å²) in [5, 5.41) is 0. The van der Waals surface area contributed by atoms with E-state index in [0.29, 0.717) is 6.04 Å². The van der Waals surface area contributed by atoms with E-state index in [1.165, 1.54) is 24.1 Å². The van der Waals surface area contributed by atoms with Gasteiger partial charge >= 0.3 is 0 Å². The first-order valence-electron chi connectivity index (χ1n) is 7.32. The fraction of sp³-hybridized carbons (Fsp3) is 0.625. The van der Waals surface area contributed by atoms with Crippen LogP contribution in [0.5, 0.6) is 0 Å². The molecular weight excluding hydrogens is 234 g/mol. The summed E-state index contributed by atoms with van der Waals surface area (Å²) in [4.78, 5) is 4.94. The third-order valence-corrected chi connectivity index (χ3v) is 4.31. The van der Waals surface area contributed by atoms with Gasteiger partial charge in [0, 0.05) is 25.2 Å². The van der Waals surface area contributed by atoms with Crippen LogP contribution in [0.25, 0.3) is 0 Å². The molecule has 1 heterocycles. The molecule has 106 valence electrons. The highest BCUT2D eigenvalue weighted by molar-refractivity contribution is 5.24. The minimum atomic E-state index is 0.101. The van der Waals surface area contributed by atoms with Crippen molar-refractivity contribution in [3.05, 3.63) is 35.4 Å². The largest absolute Gasteiger partial charge is 0.323 e. The Morgan fingerprint density at radius 2 is 1.74 bits per heavy atom. The highest BCUT2D eigenvalue weighted by Crippen LogP contribution is 2.20. The fourth-order valence-electron chi connectivity index (χ4n) is 2.77. The third-order valence-electron chi connectivity index (χ3n) is 4.31. The molecule has 2 N–H and O–H groups in total. The molecule has 1 aliphatic heterocycles. The maximum Gasteiger partial charge on any atom is 0.0450 e. The smallest absolute Gasteiger partial charge is 0.0450 e. The van der Waals surface area contributed by atoms with E-state index in [9.17, 15) is 0 Å². The monoisotopic (exact) mass is 261 g/mol. The van der Waals surface area contributed by atoms with Crippen LogP contribution in [0.1, 0.15) is 30.5 Å². The van der Waals surface area contributed by atoms with E-state index < -0.39 is 0 Å². The molecule has 1 aromatic rings. The van der Waals surface area contributed by atoms with E-state index in [1.54, 1.807) is 0 Å². The maximum atomic E-state index is 6.45. The van der Waals surface area contributed by atoms with Gasteiger partial charge in [0.1, 0.15) is 0 Å². The Bertz CT molecular complexity index is 387. The molecule has 0 saturated carbocycles. The van der Waals surface area contributed by atoms with Crippen molar-refractivity contribution in [2.75, 3.05) is 33.2 Å². The number of hydrogen-bond donors (Lipinski definition) is 1. The van der Waals surface area contributed by atoms with Crippen LogP contribution >= 0.6 is 0 Å². The zero-order valence-corrected chi connectivity index (χ0v) is 12.5. The Kier molecular flexibility index (Phi) is 4.97. The summed E-state index contributed by atoms with van der Waals surface area (Å²) >= 11 is 0. The van der Waals surface area contributed by atoms with Crippen molar-refractivity contribution >= 4 is 0 Å². The van der Waals surface area contributed by atoms with Gasteiger partial charge in [-0.3, -0.25) is 4.90 Å². The second kappa shape index (κ2) is 6.51. The zero-order chi connectivity index (χ0) is 13.8. The molecule has 1 saturated heterocycles. The quantitative estimate of drug-likeness (QED) is 0.903. The molecule has 0 aromatic heterocycles. The number of likely N-dealkylation sites (N-methyl/N-ethyl adjacent to an activating group) is 1. The molecule has 1 fully saturated rings. The molecule has 3 heteroatoms. The summed E-state index contributed by atoms with van der Waals surface area (Å²) in [6, 6.07) is 9.13. The highest BCUT2D eigenvalue weighted by Gasteiger charge is 2.23. The molecule has 0 aliphatic carbocycles. The Morgan fingerprint density at radius 1 is 1.05 bits per heavy atom. The first kappa shape index (κ1) is 14.5. The van der Waals surface area contributed by atoms with Crippen molar-refractivity contribution in [1.82, 2.24) is 9.80 Å². The van der Waals surface area contributed by atoms with Crippen LogP contribution in [0, 0.1) is 6.92 Å². The fourth-order valence-corrected chi connectivity index (χ4v) is 2.77. The van der Waals surface area contributed by atoms with Gasteiger partial charge in [0.25, 0.3) is 0 Å². The van der Waals surface area contributed by atoms with Crippen LogP contribution in [0.2, 0.25) is 0 Å². The number of nitrogens with zero attached hydrogens (tertiary/aromatic N) is 2. The van der Waals surface area contributed by atoms with Crippen molar-refractivity contribution < 1.29 is 0 Å². The SMILES string of the molecule is Cc1ccc(C(N)C(C)N2CCCN(C)CC2)cc1. The Balaban J connectivity index is 2.01. The van der Waals surface area contributed by atoms with Gasteiger partial charge in [0.05, 0.1) is 0 Å². The molecular formula is C16H27N3. The molecule has 0 bridgehead atoms. The van der Waals surface area contributed by atoms with Crippen LogP contribution in [-0.4, -0.2) is 49.1 Å². The molecule has 0 amide bonds. The molecule has 2 unspecified atom stereocenters. The summed E-state index contributed by atoms with van der Waals surface area (Å²) < 4.78 is 0. The van der Waals surface area contributed by atoms with Gasteiger partial charge in [0.2, 0.25) is 0 Å². The predicted octanol–water partition coefficient (Wildman–Crippen LogP) is 2.02. The standard InChI is InChI=1S/C16H27N3/c1-13-5-7-15(8-6-13)16(17)14(2)19-10-4-9-18(3)11-12-19/h5-8,14,16H,4,9-12,17H2,1-3H3. The molecule has 2 atom stereocenters. The lowest BCUT2D eigenvalue weighted by Gasteiger charge is -2.32. The summed E-state index contributed by atoms with van der Waals surface area (Å²) in [5.74, 6) is 0. The molecule has 1 aliphatic rings. The van der Waals surface area contributed by atoms with Crippen LogP contribution in [0.4, 0.5) is 0 Å². The van der Waals surface area contributed by atoms with Crippen LogP contribution in [0.3, 0.4) is 0 Å². The maximum absolute atomic E-state index is 6.45. The lowest BCUT2D eigenvalue weighted by Crippen LogP contribution is -2.42. The lowest BCUT2D eigenvalue weighted by molar-refractivity contribution is 0.190. The van der Waals surface area contributed by atoms with Crippen molar-refractivity contribution in [3.63, 3.8) is 0 Å². The Morgan fingerprint density at radius 3 is 2.42 bits per heavy atom.